The molecule has 0 saturated heterocycles. The van der Waals surface area contributed by atoms with E-state index in [1.807, 2.05) is 60.7 Å². The molecule has 120 valence electrons. The molecule has 0 unspecified atom stereocenters. The first-order valence-electron chi connectivity index (χ1n) is 7.51. The van der Waals surface area contributed by atoms with E-state index >= 15 is 0 Å². The fourth-order valence-electron chi connectivity index (χ4n) is 3.39. The topological polar surface area (TPSA) is 29.5 Å². The van der Waals surface area contributed by atoms with Crippen molar-refractivity contribution in [3.05, 3.63) is 86.3 Å². The Morgan fingerprint density at radius 3 is 1.75 bits per heavy atom. The molecule has 2 nitrogen and oxygen atoms in total. The Bertz CT molecular complexity index is 881. The minimum absolute atomic E-state index is 0.768. The summed E-state index contributed by atoms with van der Waals surface area (Å²) >= 11 is 7.06. The van der Waals surface area contributed by atoms with Crippen LogP contribution >= 0.6 is 31.9 Å². The smallest absolute Gasteiger partial charge is 0.141 e. The van der Waals surface area contributed by atoms with Crippen molar-refractivity contribution in [1.29, 1.82) is 0 Å². The van der Waals surface area contributed by atoms with Crippen LogP contribution in [0.3, 0.4) is 0 Å². The van der Waals surface area contributed by atoms with Gasteiger partial charge in [0, 0.05) is 20.1 Å². The number of ether oxygens (including phenoxy) is 1. The van der Waals surface area contributed by atoms with Gasteiger partial charge in [-0.05, 0) is 53.1 Å². The fourth-order valence-corrected chi connectivity index (χ4v) is 4.11. The number of fused-ring (bicyclic) bond motifs is 3. The number of methoxy groups -OCH3 is 1. The molecule has 3 aromatic carbocycles. The summed E-state index contributed by atoms with van der Waals surface area (Å²) in [6.07, 6.45) is 0. The van der Waals surface area contributed by atoms with Gasteiger partial charge in [0.05, 0.1) is 7.11 Å². The second-order valence-electron chi connectivity index (χ2n) is 5.82. The largest absolute Gasteiger partial charge is 0.497 e. The molecule has 0 atom stereocenters. The molecule has 0 heterocycles. The highest BCUT2D eigenvalue weighted by Crippen LogP contribution is 2.52. The molecular formula is C20H14Br2O2. The van der Waals surface area contributed by atoms with Crippen LogP contribution < -0.4 is 4.74 Å². The van der Waals surface area contributed by atoms with E-state index in [0.717, 1.165) is 42.5 Å². The van der Waals surface area contributed by atoms with Crippen LogP contribution in [0, 0.1) is 0 Å². The van der Waals surface area contributed by atoms with Gasteiger partial charge < -0.3 is 9.84 Å². The number of halogens is 2. The minimum atomic E-state index is -1.19. The van der Waals surface area contributed by atoms with Crippen LogP contribution in [-0.2, 0) is 5.60 Å². The summed E-state index contributed by atoms with van der Waals surface area (Å²) in [5.74, 6) is 0.768. The normalized spacial score (nSPS) is 14.2. The van der Waals surface area contributed by atoms with Gasteiger partial charge in [0.1, 0.15) is 11.4 Å². The molecule has 0 fully saturated rings. The highest BCUT2D eigenvalue weighted by atomic mass is 79.9. The van der Waals surface area contributed by atoms with E-state index in [4.69, 9.17) is 4.74 Å². The van der Waals surface area contributed by atoms with E-state index in [0.29, 0.717) is 0 Å². The number of rotatable bonds is 2. The van der Waals surface area contributed by atoms with Crippen LogP contribution in [0.1, 0.15) is 16.7 Å². The number of hydrogen-bond acceptors (Lipinski definition) is 2. The Morgan fingerprint density at radius 1 is 0.792 bits per heavy atom. The third-order valence-electron chi connectivity index (χ3n) is 4.54. The summed E-state index contributed by atoms with van der Waals surface area (Å²) in [7, 11) is 1.64. The van der Waals surface area contributed by atoms with Crippen molar-refractivity contribution in [2.75, 3.05) is 7.11 Å². The average Bonchev–Trinajstić information content (AvgIpc) is 2.84. The minimum Gasteiger partial charge on any atom is -0.497 e. The van der Waals surface area contributed by atoms with Gasteiger partial charge in [-0.3, -0.25) is 0 Å². The van der Waals surface area contributed by atoms with Crippen molar-refractivity contribution in [2.24, 2.45) is 0 Å². The molecule has 0 aromatic heterocycles. The van der Waals surface area contributed by atoms with Crippen LogP contribution in [0.15, 0.2) is 69.6 Å². The summed E-state index contributed by atoms with van der Waals surface area (Å²) in [6, 6.07) is 19.7. The summed E-state index contributed by atoms with van der Waals surface area (Å²) in [4.78, 5) is 0. The third-order valence-corrected chi connectivity index (χ3v) is 5.53. The number of hydrogen-bond donors (Lipinski definition) is 1. The van der Waals surface area contributed by atoms with Gasteiger partial charge >= 0.3 is 0 Å². The second kappa shape index (κ2) is 5.73. The van der Waals surface area contributed by atoms with Crippen LogP contribution in [0.2, 0.25) is 0 Å². The molecule has 1 aliphatic carbocycles. The number of benzene rings is 3. The van der Waals surface area contributed by atoms with Gasteiger partial charge in [-0.25, -0.2) is 0 Å². The molecule has 4 heteroatoms. The quantitative estimate of drug-likeness (QED) is 0.565. The van der Waals surface area contributed by atoms with E-state index in [1.165, 1.54) is 0 Å². The Hall–Kier alpha value is -1.62. The van der Waals surface area contributed by atoms with Gasteiger partial charge in [0.15, 0.2) is 0 Å². The van der Waals surface area contributed by atoms with Crippen molar-refractivity contribution < 1.29 is 9.84 Å². The van der Waals surface area contributed by atoms with Gasteiger partial charge in [0.25, 0.3) is 0 Å². The molecule has 1 N–H and O–H groups in total. The van der Waals surface area contributed by atoms with E-state index in [2.05, 4.69) is 31.9 Å². The maximum Gasteiger partial charge on any atom is 0.141 e. The van der Waals surface area contributed by atoms with Crippen LogP contribution in [-0.4, -0.2) is 12.2 Å². The third kappa shape index (κ3) is 2.25. The van der Waals surface area contributed by atoms with E-state index < -0.39 is 5.60 Å². The van der Waals surface area contributed by atoms with Crippen LogP contribution in [0.4, 0.5) is 0 Å². The molecule has 0 amide bonds. The molecule has 0 saturated carbocycles. The lowest BCUT2D eigenvalue weighted by atomic mass is 9.84. The first kappa shape index (κ1) is 15.9. The van der Waals surface area contributed by atoms with Crippen molar-refractivity contribution in [3.8, 4) is 16.9 Å². The predicted molar refractivity (Wildman–Crippen MR) is 102 cm³/mol. The zero-order valence-electron chi connectivity index (χ0n) is 12.9. The summed E-state index contributed by atoms with van der Waals surface area (Å²) in [6.45, 7) is 0. The molecule has 4 rings (SSSR count). The molecule has 24 heavy (non-hydrogen) atoms. The summed E-state index contributed by atoms with van der Waals surface area (Å²) < 4.78 is 7.13. The molecule has 0 radical (unpaired) electrons. The SMILES string of the molecule is COc1ccc(C2(O)c3cc(Br)ccc3-c3ccc(Br)cc32)cc1. The van der Waals surface area contributed by atoms with Crippen molar-refractivity contribution in [3.63, 3.8) is 0 Å². The predicted octanol–water partition coefficient (Wildman–Crippen LogP) is 5.48. The van der Waals surface area contributed by atoms with Gasteiger partial charge in [-0.2, -0.15) is 0 Å². The first-order chi connectivity index (χ1) is 11.5. The van der Waals surface area contributed by atoms with Gasteiger partial charge in [0.2, 0.25) is 0 Å². The lowest BCUT2D eigenvalue weighted by molar-refractivity contribution is 0.130. The summed E-state index contributed by atoms with van der Waals surface area (Å²) in [5, 5.41) is 11.8. The van der Waals surface area contributed by atoms with E-state index in [9.17, 15) is 5.11 Å². The Morgan fingerprint density at radius 2 is 1.29 bits per heavy atom. The Kier molecular flexibility index (Phi) is 3.79. The highest BCUT2D eigenvalue weighted by Gasteiger charge is 2.43. The van der Waals surface area contributed by atoms with Crippen LogP contribution in [0.5, 0.6) is 5.75 Å². The molecule has 1 aliphatic rings. The first-order valence-corrected chi connectivity index (χ1v) is 9.10. The molecule has 0 aliphatic heterocycles. The van der Waals surface area contributed by atoms with Crippen molar-refractivity contribution >= 4 is 31.9 Å². The molecule has 0 spiro atoms. The molecule has 0 bridgehead atoms. The number of aliphatic hydroxyl groups is 1. The fraction of sp³-hybridized carbons (Fsp3) is 0.100. The monoisotopic (exact) mass is 444 g/mol. The Balaban J connectivity index is 2.03. The standard InChI is InChI=1S/C20H14Br2O2/c1-24-15-6-2-12(3-7-15)20(23)18-10-13(21)4-8-16(18)17-9-5-14(22)11-19(17)20/h2-11,23H,1H3. The maximum atomic E-state index is 11.8. The average molecular weight is 446 g/mol. The van der Waals surface area contributed by atoms with Gasteiger partial charge in [-0.15, -0.1) is 0 Å². The van der Waals surface area contributed by atoms with E-state index in [-0.39, 0.29) is 0 Å². The van der Waals surface area contributed by atoms with Crippen molar-refractivity contribution in [2.45, 2.75) is 5.60 Å². The lowest BCUT2D eigenvalue weighted by Gasteiger charge is -2.27. The highest BCUT2D eigenvalue weighted by molar-refractivity contribution is 9.10. The van der Waals surface area contributed by atoms with Crippen LogP contribution in [0.25, 0.3) is 11.1 Å². The zero-order chi connectivity index (χ0) is 16.9. The van der Waals surface area contributed by atoms with Gasteiger partial charge in [-0.1, -0.05) is 56.1 Å². The molecular weight excluding hydrogens is 432 g/mol. The second-order valence-corrected chi connectivity index (χ2v) is 7.65. The lowest BCUT2D eigenvalue weighted by Crippen LogP contribution is -2.26. The maximum absolute atomic E-state index is 11.8. The Labute approximate surface area is 157 Å². The summed E-state index contributed by atoms with van der Waals surface area (Å²) in [5.41, 5.74) is 3.51. The van der Waals surface area contributed by atoms with E-state index in [1.54, 1.807) is 7.11 Å². The zero-order valence-corrected chi connectivity index (χ0v) is 16.1. The molecule has 3 aromatic rings. The van der Waals surface area contributed by atoms with Crippen molar-refractivity contribution in [1.82, 2.24) is 0 Å².